The second kappa shape index (κ2) is 3.30. The highest BCUT2D eigenvalue weighted by Crippen LogP contribution is 2.23. The van der Waals surface area contributed by atoms with E-state index in [1.807, 2.05) is 6.92 Å². The van der Waals surface area contributed by atoms with Crippen molar-refractivity contribution in [3.63, 3.8) is 0 Å². The molecule has 72 valence electrons. The van der Waals surface area contributed by atoms with Crippen molar-refractivity contribution in [1.82, 2.24) is 15.0 Å². The van der Waals surface area contributed by atoms with Gasteiger partial charge in [0.15, 0.2) is 5.13 Å². The zero-order chi connectivity index (χ0) is 10.1. The maximum Gasteiger partial charge on any atom is 0.223 e. The van der Waals surface area contributed by atoms with Crippen molar-refractivity contribution in [3.8, 4) is 0 Å². The van der Waals surface area contributed by atoms with E-state index in [-0.39, 0.29) is 5.91 Å². The highest BCUT2D eigenvalue weighted by atomic mass is 32.1. The van der Waals surface area contributed by atoms with Gasteiger partial charge in [-0.2, -0.15) is 0 Å². The molecule has 0 saturated heterocycles. The lowest BCUT2D eigenvalue weighted by atomic mass is 10.5. The van der Waals surface area contributed by atoms with Crippen LogP contribution in [0.4, 0.5) is 5.13 Å². The summed E-state index contributed by atoms with van der Waals surface area (Å²) in [7, 11) is 0. The highest BCUT2D eigenvalue weighted by Gasteiger charge is 2.06. The highest BCUT2D eigenvalue weighted by molar-refractivity contribution is 7.21. The van der Waals surface area contributed by atoms with Crippen molar-refractivity contribution >= 4 is 32.7 Å². The first-order chi connectivity index (χ1) is 6.65. The summed E-state index contributed by atoms with van der Waals surface area (Å²) in [6.07, 6.45) is 1.65. The molecule has 2 rings (SSSR count). The number of hydrogen-bond donors (Lipinski definition) is 1. The fourth-order valence-corrected chi connectivity index (χ4v) is 1.93. The summed E-state index contributed by atoms with van der Waals surface area (Å²) in [5.41, 5.74) is 0.712. The summed E-state index contributed by atoms with van der Waals surface area (Å²) >= 11 is 1.35. The van der Waals surface area contributed by atoms with E-state index in [4.69, 9.17) is 0 Å². The van der Waals surface area contributed by atoms with Crippen LogP contribution in [-0.4, -0.2) is 20.9 Å². The molecule has 2 aromatic heterocycles. The lowest BCUT2D eigenvalue weighted by molar-refractivity contribution is -0.114. The number of carbonyl (C=O) groups excluding carboxylic acids is 1. The van der Waals surface area contributed by atoms with Crippen molar-refractivity contribution in [2.45, 2.75) is 13.8 Å². The van der Waals surface area contributed by atoms with Gasteiger partial charge in [0.2, 0.25) is 5.91 Å². The predicted octanol–water partition coefficient (Wildman–Crippen LogP) is 1.35. The molecule has 0 aliphatic carbocycles. The van der Waals surface area contributed by atoms with E-state index in [1.54, 1.807) is 6.20 Å². The number of rotatable bonds is 1. The Morgan fingerprint density at radius 2 is 2.29 bits per heavy atom. The Morgan fingerprint density at radius 1 is 1.50 bits per heavy atom. The summed E-state index contributed by atoms with van der Waals surface area (Å²) in [5, 5.41) is 3.18. The Bertz CT molecular complexity index is 493. The molecule has 0 unspecified atom stereocenters. The number of hydrogen-bond acceptors (Lipinski definition) is 5. The largest absolute Gasteiger partial charge is 0.302 e. The quantitative estimate of drug-likeness (QED) is 0.768. The number of fused-ring (bicyclic) bond motifs is 1. The number of aryl methyl sites for hydroxylation is 1. The molecule has 0 aromatic carbocycles. The van der Waals surface area contributed by atoms with Crippen molar-refractivity contribution < 1.29 is 4.79 Å². The maximum absolute atomic E-state index is 10.8. The Morgan fingerprint density at radius 3 is 3.00 bits per heavy atom. The van der Waals surface area contributed by atoms with Crippen LogP contribution in [0.15, 0.2) is 6.20 Å². The average Bonchev–Trinajstić information content (AvgIpc) is 2.44. The lowest BCUT2D eigenvalue weighted by Crippen LogP contribution is -2.04. The molecule has 14 heavy (non-hydrogen) atoms. The van der Waals surface area contributed by atoms with Gasteiger partial charge in [-0.3, -0.25) is 4.79 Å². The van der Waals surface area contributed by atoms with Crippen molar-refractivity contribution in [2.75, 3.05) is 5.32 Å². The number of nitrogens with one attached hydrogen (secondary N) is 1. The molecule has 0 saturated carbocycles. The normalized spacial score (nSPS) is 10.4. The van der Waals surface area contributed by atoms with Crippen LogP contribution in [0.5, 0.6) is 0 Å². The van der Waals surface area contributed by atoms with E-state index in [2.05, 4.69) is 20.3 Å². The molecule has 0 bridgehead atoms. The van der Waals surface area contributed by atoms with E-state index in [1.165, 1.54) is 18.3 Å². The summed E-state index contributed by atoms with van der Waals surface area (Å²) in [5.74, 6) is 0.573. The second-order valence-corrected chi connectivity index (χ2v) is 3.79. The van der Waals surface area contributed by atoms with E-state index in [0.717, 1.165) is 4.83 Å². The average molecular weight is 208 g/mol. The van der Waals surface area contributed by atoms with Gasteiger partial charge in [0, 0.05) is 6.92 Å². The number of anilines is 1. The monoisotopic (exact) mass is 208 g/mol. The number of amides is 1. The fourth-order valence-electron chi connectivity index (χ4n) is 1.02. The van der Waals surface area contributed by atoms with Gasteiger partial charge < -0.3 is 5.32 Å². The van der Waals surface area contributed by atoms with Gasteiger partial charge in [-0.1, -0.05) is 11.3 Å². The summed E-state index contributed by atoms with van der Waals surface area (Å²) < 4.78 is 0. The van der Waals surface area contributed by atoms with Crippen LogP contribution >= 0.6 is 11.3 Å². The van der Waals surface area contributed by atoms with Gasteiger partial charge in [-0.15, -0.1) is 0 Å². The zero-order valence-corrected chi connectivity index (χ0v) is 8.55. The minimum Gasteiger partial charge on any atom is -0.302 e. The van der Waals surface area contributed by atoms with Crippen molar-refractivity contribution in [2.24, 2.45) is 0 Å². The Kier molecular flexibility index (Phi) is 2.12. The van der Waals surface area contributed by atoms with Crippen LogP contribution < -0.4 is 5.32 Å². The third kappa shape index (κ3) is 1.69. The topological polar surface area (TPSA) is 67.8 Å². The molecular formula is C8H8N4OS. The first-order valence-corrected chi connectivity index (χ1v) is 4.84. The van der Waals surface area contributed by atoms with Crippen molar-refractivity contribution in [3.05, 3.63) is 12.0 Å². The van der Waals surface area contributed by atoms with Gasteiger partial charge >= 0.3 is 0 Å². The van der Waals surface area contributed by atoms with Gasteiger partial charge in [-0.05, 0) is 6.92 Å². The molecule has 1 amide bonds. The molecule has 0 atom stereocenters. The molecule has 2 aromatic rings. The van der Waals surface area contributed by atoms with Crippen LogP contribution in [0.1, 0.15) is 12.7 Å². The number of carbonyl (C=O) groups is 1. The summed E-state index contributed by atoms with van der Waals surface area (Å²) in [6, 6.07) is 0. The Balaban J connectivity index is 2.46. The lowest BCUT2D eigenvalue weighted by Gasteiger charge is -1.90. The van der Waals surface area contributed by atoms with Crippen LogP contribution in [0.2, 0.25) is 0 Å². The molecule has 0 fully saturated rings. The number of thiazole rings is 1. The molecule has 0 spiro atoms. The molecule has 1 N–H and O–H groups in total. The summed E-state index contributed by atoms with van der Waals surface area (Å²) in [4.78, 5) is 23.9. The first-order valence-electron chi connectivity index (χ1n) is 4.03. The van der Waals surface area contributed by atoms with Gasteiger partial charge in [0.25, 0.3) is 0 Å². The molecule has 0 aliphatic rings. The van der Waals surface area contributed by atoms with Crippen molar-refractivity contribution in [1.29, 1.82) is 0 Å². The molecule has 0 radical (unpaired) electrons. The smallest absolute Gasteiger partial charge is 0.223 e. The Labute approximate surface area is 84.2 Å². The standard InChI is InChI=1S/C8H8N4OS/c1-4-9-3-6-7(10-4)14-8(12-6)11-5(2)13/h3H,1-2H3,(H,11,12,13). The molecule has 2 heterocycles. The van der Waals surface area contributed by atoms with E-state index in [9.17, 15) is 4.79 Å². The molecule has 6 heteroatoms. The van der Waals surface area contributed by atoms with Crippen LogP contribution in [0, 0.1) is 6.92 Å². The van der Waals surface area contributed by atoms with E-state index >= 15 is 0 Å². The SMILES string of the molecule is CC(=O)Nc1nc2cnc(C)nc2s1. The minimum absolute atomic E-state index is 0.131. The molecule has 0 aliphatic heterocycles. The minimum atomic E-state index is -0.131. The van der Waals surface area contributed by atoms with Crippen LogP contribution in [0.25, 0.3) is 10.3 Å². The van der Waals surface area contributed by atoms with Gasteiger partial charge in [0.1, 0.15) is 16.2 Å². The summed E-state index contributed by atoms with van der Waals surface area (Å²) in [6.45, 7) is 3.26. The molecule has 5 nitrogen and oxygen atoms in total. The van der Waals surface area contributed by atoms with Gasteiger partial charge in [0.05, 0.1) is 6.20 Å². The number of aromatic nitrogens is 3. The molecular weight excluding hydrogens is 200 g/mol. The first kappa shape index (κ1) is 9.01. The van der Waals surface area contributed by atoms with Crippen LogP contribution in [-0.2, 0) is 4.79 Å². The van der Waals surface area contributed by atoms with Crippen LogP contribution in [0.3, 0.4) is 0 Å². The maximum atomic E-state index is 10.8. The third-order valence-electron chi connectivity index (χ3n) is 1.55. The Hall–Kier alpha value is -1.56. The predicted molar refractivity (Wildman–Crippen MR) is 54.3 cm³/mol. The number of nitrogens with zero attached hydrogens (tertiary/aromatic N) is 3. The van der Waals surface area contributed by atoms with E-state index in [0.29, 0.717) is 16.5 Å². The third-order valence-corrected chi connectivity index (χ3v) is 2.43. The van der Waals surface area contributed by atoms with E-state index < -0.39 is 0 Å². The van der Waals surface area contributed by atoms with Gasteiger partial charge in [-0.25, -0.2) is 15.0 Å². The fraction of sp³-hybridized carbons (Fsp3) is 0.250. The zero-order valence-electron chi connectivity index (χ0n) is 7.74. The second-order valence-electron chi connectivity index (χ2n) is 2.81.